The largest absolute Gasteiger partial charge is 0.115 e. The number of allylic oxidation sites excluding steroid dienone is 7. The van der Waals surface area contributed by atoms with Crippen molar-refractivity contribution in [2.24, 2.45) is 11.3 Å². The summed E-state index contributed by atoms with van der Waals surface area (Å²) in [7, 11) is 0. The lowest BCUT2D eigenvalue weighted by Crippen LogP contribution is -2.11. The summed E-state index contributed by atoms with van der Waals surface area (Å²) in [6.07, 6.45) is 12.6. The van der Waals surface area contributed by atoms with Crippen molar-refractivity contribution in [2.75, 3.05) is 0 Å². The summed E-state index contributed by atoms with van der Waals surface area (Å²) in [4.78, 5) is 0. The standard InChI is InChI=1S/C15H24.2C12H16.C8H16.C2H6/c1-11(2)12(3)13-7-9-14(10-8-13)15(4,5)6;1-4-5-6-12-9-10(2)7-8-11(12)3;1-7-12(10(4)5)8-11(6)9(2)3;1-7(2)6-8(3,4)5;1-2/h7-12H,1-6H3;4,7-9H,1,5-6H2,2-3H3;1,8H,2H2,3-6H3;1,6H2,2-5H3;1-2H3/b;;11-8-;;. The smallest absolute Gasteiger partial charge is 0.0231 e. The molecule has 0 heterocycles. The molecular formula is C49H78. The van der Waals surface area contributed by atoms with E-state index >= 15 is 0 Å². The number of aryl methyl sites for hydroxylation is 3. The molecule has 49 heavy (non-hydrogen) atoms. The van der Waals surface area contributed by atoms with Gasteiger partial charge in [0.05, 0.1) is 0 Å². The van der Waals surface area contributed by atoms with E-state index in [0.717, 1.165) is 41.6 Å². The normalized spacial score (nSPS) is 11.3. The van der Waals surface area contributed by atoms with Gasteiger partial charge in [-0.05, 0) is 124 Å². The Balaban J connectivity index is -0.000000577. The van der Waals surface area contributed by atoms with Crippen LogP contribution in [0, 0.1) is 37.5 Å². The van der Waals surface area contributed by atoms with E-state index in [1.165, 1.54) is 33.4 Å². The Bertz CT molecular complexity index is 1340. The summed E-state index contributed by atoms with van der Waals surface area (Å²) < 4.78 is 0. The molecule has 274 valence electrons. The molecule has 0 heteroatoms. The highest BCUT2D eigenvalue weighted by Crippen LogP contribution is 2.27. The lowest BCUT2D eigenvalue weighted by molar-refractivity contribution is 0.410. The van der Waals surface area contributed by atoms with Crippen molar-refractivity contribution >= 4 is 0 Å². The third-order valence-corrected chi connectivity index (χ3v) is 7.99. The molecule has 0 aromatic heterocycles. The van der Waals surface area contributed by atoms with Gasteiger partial charge in [0.25, 0.3) is 0 Å². The summed E-state index contributed by atoms with van der Waals surface area (Å²) in [6, 6.07) is 15.7. The van der Waals surface area contributed by atoms with Crippen LogP contribution in [0.1, 0.15) is 157 Å². The number of hydrogen-bond acceptors (Lipinski definition) is 0. The molecule has 0 amide bonds. The van der Waals surface area contributed by atoms with Crippen molar-refractivity contribution in [3.05, 3.63) is 130 Å². The summed E-state index contributed by atoms with van der Waals surface area (Å²) in [6.45, 7) is 50.1. The van der Waals surface area contributed by atoms with Crippen LogP contribution in [-0.2, 0) is 11.8 Å². The van der Waals surface area contributed by atoms with Crippen LogP contribution >= 0.6 is 0 Å². The molecule has 0 radical (unpaired) electrons. The second-order valence-corrected chi connectivity index (χ2v) is 16.0. The first-order valence-electron chi connectivity index (χ1n) is 18.4. The van der Waals surface area contributed by atoms with Gasteiger partial charge >= 0.3 is 0 Å². The van der Waals surface area contributed by atoms with Crippen molar-refractivity contribution in [3.63, 3.8) is 0 Å². The molecule has 0 fully saturated rings. The van der Waals surface area contributed by atoms with E-state index in [0.29, 0.717) is 17.3 Å². The quantitative estimate of drug-likeness (QED) is 0.149. The van der Waals surface area contributed by atoms with Crippen LogP contribution in [0.2, 0.25) is 0 Å². The van der Waals surface area contributed by atoms with E-state index in [9.17, 15) is 0 Å². The van der Waals surface area contributed by atoms with Gasteiger partial charge < -0.3 is 0 Å². The van der Waals surface area contributed by atoms with Gasteiger partial charge in [0.15, 0.2) is 0 Å². The van der Waals surface area contributed by atoms with E-state index in [4.69, 9.17) is 6.42 Å². The molecule has 0 aliphatic carbocycles. The van der Waals surface area contributed by atoms with Gasteiger partial charge in [-0.15, -0.1) is 19.6 Å². The Morgan fingerprint density at radius 2 is 1.35 bits per heavy atom. The van der Waals surface area contributed by atoms with Gasteiger partial charge in [-0.2, -0.15) is 0 Å². The molecule has 0 aliphatic heterocycles. The van der Waals surface area contributed by atoms with E-state index in [2.05, 4.69) is 151 Å². The van der Waals surface area contributed by atoms with E-state index < -0.39 is 0 Å². The number of hydrogen-bond donors (Lipinski definition) is 0. The Morgan fingerprint density at radius 3 is 1.67 bits per heavy atom. The minimum Gasteiger partial charge on any atom is -0.115 e. The number of benzene rings is 2. The van der Waals surface area contributed by atoms with E-state index in [1.54, 1.807) is 0 Å². The Kier molecular flexibility index (Phi) is 26.2. The first-order valence-corrected chi connectivity index (χ1v) is 18.4. The van der Waals surface area contributed by atoms with Gasteiger partial charge in [0.1, 0.15) is 0 Å². The van der Waals surface area contributed by atoms with Gasteiger partial charge in [0, 0.05) is 5.57 Å². The Labute approximate surface area is 308 Å². The first-order chi connectivity index (χ1) is 22.5. The lowest BCUT2D eigenvalue weighted by Gasteiger charge is -2.21. The SMILES string of the molecule is C#CC(/C=C(/C)C(=C)C)=C(C)C.C=C(C)CC(C)(C)C.C=CCCc1cc(C)ccc1C.CC.CC(C)C(C)c1ccc(C(C)(C)C)cc1. The Morgan fingerprint density at radius 1 is 0.837 bits per heavy atom. The molecule has 0 N–H and O–H groups in total. The average molecular weight is 667 g/mol. The van der Waals surface area contributed by atoms with Gasteiger partial charge in [0.2, 0.25) is 0 Å². The average Bonchev–Trinajstić information content (AvgIpc) is 2.99. The minimum atomic E-state index is 0.263. The molecule has 0 nitrogen and oxygen atoms in total. The maximum absolute atomic E-state index is 5.34. The number of rotatable bonds is 8. The van der Waals surface area contributed by atoms with Crippen LogP contribution in [0.5, 0.6) is 0 Å². The van der Waals surface area contributed by atoms with Crippen LogP contribution in [-0.4, -0.2) is 0 Å². The first kappa shape index (κ1) is 50.1. The topological polar surface area (TPSA) is 0 Å². The summed E-state index contributed by atoms with van der Waals surface area (Å²) >= 11 is 0. The maximum atomic E-state index is 5.34. The monoisotopic (exact) mass is 667 g/mol. The molecule has 0 aliphatic rings. The third kappa shape index (κ3) is 25.4. The highest BCUT2D eigenvalue weighted by atomic mass is 14.2. The van der Waals surface area contributed by atoms with Crippen LogP contribution in [0.15, 0.2) is 102 Å². The zero-order valence-electron chi connectivity index (χ0n) is 35.7. The van der Waals surface area contributed by atoms with Crippen LogP contribution < -0.4 is 0 Å². The predicted octanol–water partition coefficient (Wildman–Crippen LogP) is 15.7. The maximum Gasteiger partial charge on any atom is 0.0231 e. The van der Waals surface area contributed by atoms with Crippen molar-refractivity contribution in [1.82, 2.24) is 0 Å². The fourth-order valence-corrected chi connectivity index (χ4v) is 4.57. The van der Waals surface area contributed by atoms with Crippen molar-refractivity contribution in [1.29, 1.82) is 0 Å². The highest BCUT2D eigenvalue weighted by Gasteiger charge is 2.15. The second kappa shape index (κ2) is 25.6. The predicted molar refractivity (Wildman–Crippen MR) is 229 cm³/mol. The van der Waals surface area contributed by atoms with Gasteiger partial charge in [-0.3, -0.25) is 0 Å². The van der Waals surface area contributed by atoms with E-state index in [-0.39, 0.29) is 5.41 Å². The fourth-order valence-electron chi connectivity index (χ4n) is 4.57. The molecule has 1 unspecified atom stereocenters. The summed E-state index contributed by atoms with van der Waals surface area (Å²) in [5.74, 6) is 4.01. The third-order valence-electron chi connectivity index (χ3n) is 7.99. The van der Waals surface area contributed by atoms with Crippen LogP contribution in [0.4, 0.5) is 0 Å². The summed E-state index contributed by atoms with van der Waals surface area (Å²) in [5, 5.41) is 0. The zero-order chi connectivity index (χ0) is 39.1. The molecule has 0 bridgehead atoms. The molecular weight excluding hydrogens is 589 g/mol. The zero-order valence-corrected chi connectivity index (χ0v) is 35.7. The molecule has 0 saturated heterocycles. The fraction of sp³-hybridized carbons (Fsp3) is 0.510. The molecule has 0 saturated carbocycles. The van der Waals surface area contributed by atoms with Gasteiger partial charge in [-0.1, -0.05) is 159 Å². The molecule has 2 aromatic carbocycles. The highest BCUT2D eigenvalue weighted by molar-refractivity contribution is 5.44. The summed E-state index contributed by atoms with van der Waals surface area (Å²) in [5.41, 5.74) is 13.3. The van der Waals surface area contributed by atoms with Crippen LogP contribution in [0.25, 0.3) is 0 Å². The minimum absolute atomic E-state index is 0.263. The molecule has 2 aromatic rings. The Hall–Kier alpha value is -3.30. The van der Waals surface area contributed by atoms with Crippen molar-refractivity contribution < 1.29 is 0 Å². The molecule has 2 rings (SSSR count). The van der Waals surface area contributed by atoms with Gasteiger partial charge in [-0.25, -0.2) is 0 Å². The van der Waals surface area contributed by atoms with Crippen LogP contribution in [0.3, 0.4) is 0 Å². The second-order valence-electron chi connectivity index (χ2n) is 16.0. The molecule has 1 atom stereocenters. The number of terminal acetylenes is 1. The van der Waals surface area contributed by atoms with Crippen molar-refractivity contribution in [3.8, 4) is 12.3 Å². The lowest BCUT2D eigenvalue weighted by atomic mass is 9.84. The molecule has 0 spiro atoms. The van der Waals surface area contributed by atoms with Crippen molar-refractivity contribution in [2.45, 2.75) is 155 Å². The van der Waals surface area contributed by atoms with E-state index in [1.807, 2.05) is 53.7 Å².